The molecule has 1 atom stereocenters. The normalized spacial score (nSPS) is 20.9. The number of amidine groups is 1. The minimum atomic E-state index is -1.03. The summed E-state index contributed by atoms with van der Waals surface area (Å²) in [6, 6.07) is 3.73. The van der Waals surface area contributed by atoms with Crippen LogP contribution in [0.5, 0.6) is 0 Å². The Hall–Kier alpha value is -2.71. The zero-order valence-electron chi connectivity index (χ0n) is 17.2. The molecular weight excluding hydrogens is 402 g/mol. The van der Waals surface area contributed by atoms with E-state index in [0.717, 1.165) is 30.1 Å². The van der Waals surface area contributed by atoms with Gasteiger partial charge in [0.1, 0.15) is 5.84 Å². The Bertz CT molecular complexity index is 1060. The smallest absolute Gasteiger partial charge is 0.166 e. The Labute approximate surface area is 180 Å². The summed E-state index contributed by atoms with van der Waals surface area (Å²) in [5, 5.41) is 30.1. The van der Waals surface area contributed by atoms with E-state index in [9.17, 15) is 5.11 Å². The lowest BCUT2D eigenvalue weighted by molar-refractivity contribution is 0.0796. The summed E-state index contributed by atoms with van der Waals surface area (Å²) in [6.07, 6.45) is 10.3. The van der Waals surface area contributed by atoms with Crippen LogP contribution < -0.4 is 5.73 Å². The van der Waals surface area contributed by atoms with E-state index in [1.807, 2.05) is 41.0 Å². The molecule has 0 amide bonds. The Balaban J connectivity index is 1.62. The van der Waals surface area contributed by atoms with E-state index < -0.39 is 11.0 Å². The summed E-state index contributed by atoms with van der Waals surface area (Å²) in [4.78, 5) is 0. The van der Waals surface area contributed by atoms with Crippen molar-refractivity contribution < 1.29 is 5.11 Å². The molecule has 2 aliphatic carbocycles. The van der Waals surface area contributed by atoms with Gasteiger partial charge >= 0.3 is 0 Å². The number of halogens is 1. The maximum atomic E-state index is 10.5. The molecule has 2 heterocycles. The average Bonchev–Trinajstić information content (AvgIpc) is 3.40. The maximum Gasteiger partial charge on any atom is 0.166 e. The molecule has 0 radical (unpaired) electrons. The van der Waals surface area contributed by atoms with Gasteiger partial charge in [-0.05, 0) is 45.3 Å². The first-order valence-electron chi connectivity index (χ1n) is 9.94. The first-order chi connectivity index (χ1) is 14.2. The molecule has 1 saturated carbocycles. The van der Waals surface area contributed by atoms with E-state index in [-0.39, 0.29) is 5.92 Å². The van der Waals surface area contributed by atoms with Gasteiger partial charge in [0.25, 0.3) is 0 Å². The lowest BCUT2D eigenvalue weighted by Crippen LogP contribution is -2.34. The third-order valence-electron chi connectivity index (χ3n) is 5.69. The van der Waals surface area contributed by atoms with Crippen molar-refractivity contribution in [1.82, 2.24) is 19.7 Å². The molecule has 1 unspecified atom stereocenters. The highest BCUT2D eigenvalue weighted by molar-refractivity contribution is 6.31. The Morgan fingerprint density at radius 2 is 2.23 bits per heavy atom. The van der Waals surface area contributed by atoms with Crippen LogP contribution in [0.4, 0.5) is 0 Å². The zero-order chi connectivity index (χ0) is 21.5. The predicted octanol–water partition coefficient (Wildman–Crippen LogP) is 2.88. The second-order valence-electron chi connectivity index (χ2n) is 8.41. The second-order valence-corrected chi connectivity index (χ2v) is 8.84. The molecule has 2 aromatic rings. The molecule has 3 N–H and O–H groups in total. The summed E-state index contributed by atoms with van der Waals surface area (Å²) in [5.74, 6) is 1.39. The number of aromatic nitrogens is 3. The maximum absolute atomic E-state index is 10.5. The zero-order valence-corrected chi connectivity index (χ0v) is 17.9. The number of rotatable bonds is 7. The molecule has 0 bridgehead atoms. The van der Waals surface area contributed by atoms with Gasteiger partial charge in [-0.15, -0.1) is 15.3 Å². The highest BCUT2D eigenvalue weighted by Gasteiger charge is 2.52. The van der Waals surface area contributed by atoms with Crippen LogP contribution in [-0.2, 0) is 11.0 Å². The molecular formula is C21H26ClN7O. The van der Waals surface area contributed by atoms with Crippen molar-refractivity contribution in [2.24, 2.45) is 21.9 Å². The molecule has 4 rings (SSSR count). The summed E-state index contributed by atoms with van der Waals surface area (Å²) < 4.78 is 1.89. The lowest BCUT2D eigenvalue weighted by atomic mass is 9.99. The number of nitrogens with two attached hydrogens (primary N) is 1. The third kappa shape index (κ3) is 3.73. The van der Waals surface area contributed by atoms with Crippen LogP contribution in [-0.4, -0.2) is 43.9 Å². The largest absolute Gasteiger partial charge is 0.386 e. The average molecular weight is 428 g/mol. The first-order valence-corrected chi connectivity index (χ1v) is 10.3. The molecule has 30 heavy (non-hydrogen) atoms. The summed E-state index contributed by atoms with van der Waals surface area (Å²) in [6.45, 7) is 7.65. The van der Waals surface area contributed by atoms with Crippen molar-refractivity contribution in [1.29, 1.82) is 0 Å². The number of hydrogen-bond acceptors (Lipinski definition) is 6. The molecule has 0 aromatic carbocycles. The van der Waals surface area contributed by atoms with Crippen LogP contribution in [0.3, 0.4) is 0 Å². The first kappa shape index (κ1) is 20.6. The SMILES string of the molecule is C=NN(CC1C=CC(Cl)=CC1)/N=C(\N)C1(c2nnc3c(C(C)(C)O)cccn23)CC1. The summed E-state index contributed by atoms with van der Waals surface area (Å²) in [7, 11) is 0. The number of aliphatic hydroxyl groups is 1. The van der Waals surface area contributed by atoms with Crippen LogP contribution in [0.25, 0.3) is 5.65 Å². The van der Waals surface area contributed by atoms with Gasteiger partial charge in [0.2, 0.25) is 0 Å². The topological polar surface area (TPSA) is 104 Å². The standard InChI is InChI=1S/C21H26ClN7O/c1-20(2,30)16-5-4-12-28-17(16)25-26-19(28)21(10-11-21)18(23)27-29(24-3)13-14-6-8-15(22)9-7-14/h4-6,8-9,12,14,30H,3,7,10-11,13H2,1-2H3,(H2,23,27). The third-order valence-corrected chi connectivity index (χ3v) is 5.97. The molecule has 8 nitrogen and oxygen atoms in total. The summed E-state index contributed by atoms with van der Waals surface area (Å²) in [5.41, 5.74) is 6.27. The lowest BCUT2D eigenvalue weighted by Gasteiger charge is -2.22. The van der Waals surface area contributed by atoms with Crippen molar-refractivity contribution in [2.45, 2.75) is 44.1 Å². The molecule has 0 aliphatic heterocycles. The number of pyridine rings is 1. The van der Waals surface area contributed by atoms with Gasteiger partial charge in [-0.3, -0.25) is 4.40 Å². The minimum Gasteiger partial charge on any atom is -0.386 e. The monoisotopic (exact) mass is 427 g/mol. The van der Waals surface area contributed by atoms with E-state index in [2.05, 4.69) is 27.1 Å². The van der Waals surface area contributed by atoms with E-state index in [1.54, 1.807) is 13.8 Å². The molecule has 1 fully saturated rings. The van der Waals surface area contributed by atoms with Gasteiger partial charge in [-0.2, -0.15) is 10.2 Å². The Kier molecular flexibility index (Phi) is 5.15. The van der Waals surface area contributed by atoms with Crippen LogP contribution in [0, 0.1) is 5.92 Å². The van der Waals surface area contributed by atoms with Gasteiger partial charge in [0, 0.05) is 29.4 Å². The van der Waals surface area contributed by atoms with Crippen molar-refractivity contribution in [3.63, 3.8) is 0 Å². The van der Waals surface area contributed by atoms with Crippen molar-refractivity contribution >= 4 is 29.8 Å². The summed E-state index contributed by atoms with van der Waals surface area (Å²) >= 11 is 6.00. The van der Waals surface area contributed by atoms with E-state index in [1.165, 1.54) is 5.12 Å². The van der Waals surface area contributed by atoms with Crippen molar-refractivity contribution in [3.05, 3.63) is 53.0 Å². The molecule has 9 heteroatoms. The van der Waals surface area contributed by atoms with Gasteiger partial charge < -0.3 is 10.8 Å². The Morgan fingerprint density at radius 1 is 1.47 bits per heavy atom. The predicted molar refractivity (Wildman–Crippen MR) is 118 cm³/mol. The van der Waals surface area contributed by atoms with Gasteiger partial charge in [0.05, 0.1) is 17.6 Å². The van der Waals surface area contributed by atoms with Crippen LogP contribution in [0.1, 0.15) is 44.5 Å². The van der Waals surface area contributed by atoms with Crippen LogP contribution >= 0.6 is 11.6 Å². The van der Waals surface area contributed by atoms with Crippen molar-refractivity contribution in [3.8, 4) is 0 Å². The minimum absolute atomic E-state index is 0.230. The second kappa shape index (κ2) is 7.52. The molecule has 2 aromatic heterocycles. The van der Waals surface area contributed by atoms with Crippen molar-refractivity contribution in [2.75, 3.05) is 6.54 Å². The number of hydrogen-bond donors (Lipinski definition) is 2. The molecule has 2 aliphatic rings. The fourth-order valence-corrected chi connectivity index (χ4v) is 3.94. The van der Waals surface area contributed by atoms with Gasteiger partial charge in [-0.1, -0.05) is 29.8 Å². The number of nitrogens with zero attached hydrogens (tertiary/aromatic N) is 6. The fourth-order valence-electron chi connectivity index (χ4n) is 3.77. The highest BCUT2D eigenvalue weighted by Crippen LogP contribution is 2.48. The van der Waals surface area contributed by atoms with E-state index in [0.29, 0.717) is 23.6 Å². The molecule has 158 valence electrons. The van der Waals surface area contributed by atoms with Crippen LogP contribution in [0.2, 0.25) is 0 Å². The van der Waals surface area contributed by atoms with E-state index in [4.69, 9.17) is 17.3 Å². The highest BCUT2D eigenvalue weighted by atomic mass is 35.5. The quantitative estimate of drug-likeness (QED) is 0.401. The number of hydrazone groups is 2. The van der Waals surface area contributed by atoms with E-state index >= 15 is 0 Å². The molecule has 0 spiro atoms. The van der Waals surface area contributed by atoms with Gasteiger partial charge in [-0.25, -0.2) is 0 Å². The Morgan fingerprint density at radius 3 is 2.83 bits per heavy atom. The fraction of sp³-hybridized carbons (Fsp3) is 0.429. The van der Waals surface area contributed by atoms with Gasteiger partial charge in [0.15, 0.2) is 11.5 Å². The molecule has 0 saturated heterocycles. The number of fused-ring (bicyclic) bond motifs is 1. The van der Waals surface area contributed by atoms with Crippen LogP contribution in [0.15, 0.2) is 51.8 Å². The number of allylic oxidation sites excluding steroid dienone is 3.